The van der Waals surface area contributed by atoms with Crippen LogP contribution in [0, 0.1) is 0 Å². The first-order chi connectivity index (χ1) is 33.1. The lowest BCUT2D eigenvalue weighted by Crippen LogP contribution is -2.65. The van der Waals surface area contributed by atoms with Crippen LogP contribution in [-0.4, -0.2) is 140 Å². The Balaban J connectivity index is 1.79. The maximum Gasteiger partial charge on any atom is 0.220 e. The Morgan fingerprint density at radius 3 is 1.59 bits per heavy atom. The highest BCUT2D eigenvalue weighted by molar-refractivity contribution is 5.76. The van der Waals surface area contributed by atoms with Gasteiger partial charge in [-0.15, -0.1) is 0 Å². The number of unbranched alkanes of at least 4 members (excludes halogenated alkanes) is 16. The Morgan fingerprint density at radius 2 is 1.01 bits per heavy atom. The number of aliphatic hydroxyl groups excluding tert-OH is 8. The minimum Gasteiger partial charge on any atom is -0.394 e. The number of rotatable bonds is 39. The van der Waals surface area contributed by atoms with Gasteiger partial charge in [-0.05, 0) is 77.0 Å². The number of hydrogen-bond donors (Lipinski definition) is 9. The topological polar surface area (TPSA) is 228 Å². The summed E-state index contributed by atoms with van der Waals surface area (Å²) < 4.78 is 22.6. The van der Waals surface area contributed by atoms with E-state index in [1.807, 2.05) is 6.08 Å². The summed E-state index contributed by atoms with van der Waals surface area (Å²) >= 11 is 0. The van der Waals surface area contributed by atoms with Crippen molar-refractivity contribution in [3.8, 4) is 0 Å². The van der Waals surface area contributed by atoms with Crippen molar-refractivity contribution in [3.05, 3.63) is 72.9 Å². The molecule has 0 saturated carbocycles. The summed E-state index contributed by atoms with van der Waals surface area (Å²) in [6.45, 7) is 2.64. The maximum atomic E-state index is 13.2. The molecule has 2 heterocycles. The van der Waals surface area contributed by atoms with Gasteiger partial charge < -0.3 is 65.1 Å². The van der Waals surface area contributed by atoms with Crippen molar-refractivity contribution in [2.45, 2.75) is 242 Å². The lowest BCUT2D eigenvalue weighted by atomic mass is 9.97. The molecule has 0 aliphatic carbocycles. The molecule has 2 aliphatic heterocycles. The first-order valence-corrected chi connectivity index (χ1v) is 26.2. The first-order valence-electron chi connectivity index (χ1n) is 26.2. The van der Waals surface area contributed by atoms with E-state index < -0.39 is 86.8 Å². The lowest BCUT2D eigenvalue weighted by molar-refractivity contribution is -0.359. The van der Waals surface area contributed by atoms with Crippen molar-refractivity contribution in [2.24, 2.45) is 0 Å². The molecule has 68 heavy (non-hydrogen) atoms. The molecule has 0 spiro atoms. The van der Waals surface area contributed by atoms with Crippen molar-refractivity contribution in [1.82, 2.24) is 5.32 Å². The number of hydrogen-bond acceptors (Lipinski definition) is 13. The number of carbonyl (C=O) groups excluding carboxylic acids is 1. The van der Waals surface area contributed by atoms with Gasteiger partial charge in [-0.25, -0.2) is 0 Å². The van der Waals surface area contributed by atoms with Gasteiger partial charge in [0, 0.05) is 6.42 Å². The van der Waals surface area contributed by atoms with E-state index in [4.69, 9.17) is 18.9 Å². The third-order valence-electron chi connectivity index (χ3n) is 12.3. The van der Waals surface area contributed by atoms with Crippen LogP contribution in [0.2, 0.25) is 0 Å². The van der Waals surface area contributed by atoms with E-state index in [1.54, 1.807) is 6.08 Å². The van der Waals surface area contributed by atoms with E-state index in [1.165, 1.54) is 57.8 Å². The Bertz CT molecular complexity index is 1420. The van der Waals surface area contributed by atoms with E-state index in [-0.39, 0.29) is 18.9 Å². The highest BCUT2D eigenvalue weighted by Crippen LogP contribution is 2.30. The van der Waals surface area contributed by atoms with Crippen molar-refractivity contribution < 1.29 is 64.6 Å². The van der Waals surface area contributed by atoms with Crippen molar-refractivity contribution in [2.75, 3.05) is 19.8 Å². The monoisotopic (exact) mass is 964 g/mol. The smallest absolute Gasteiger partial charge is 0.220 e. The van der Waals surface area contributed by atoms with Crippen molar-refractivity contribution in [1.29, 1.82) is 0 Å². The molecular formula is C54H93NO13. The second-order valence-corrected chi connectivity index (χ2v) is 18.3. The van der Waals surface area contributed by atoms with Gasteiger partial charge in [0.1, 0.15) is 48.8 Å². The molecule has 12 unspecified atom stereocenters. The Hall–Kier alpha value is -2.57. The zero-order chi connectivity index (χ0) is 49.6. The van der Waals surface area contributed by atoms with Crippen molar-refractivity contribution in [3.63, 3.8) is 0 Å². The fourth-order valence-electron chi connectivity index (χ4n) is 8.04. The van der Waals surface area contributed by atoms with Crippen LogP contribution in [-0.2, 0) is 23.7 Å². The third kappa shape index (κ3) is 26.6. The van der Waals surface area contributed by atoms with Crippen LogP contribution in [0.3, 0.4) is 0 Å². The average molecular weight is 964 g/mol. The summed E-state index contributed by atoms with van der Waals surface area (Å²) in [5.41, 5.74) is 0. The quantitative estimate of drug-likeness (QED) is 0.0220. The number of ether oxygens (including phenoxy) is 4. The summed E-state index contributed by atoms with van der Waals surface area (Å²) in [7, 11) is 0. The van der Waals surface area contributed by atoms with Gasteiger partial charge in [0.05, 0.1) is 32.0 Å². The van der Waals surface area contributed by atoms with E-state index in [0.29, 0.717) is 12.8 Å². The summed E-state index contributed by atoms with van der Waals surface area (Å²) in [6.07, 6.45) is 33.8. The van der Waals surface area contributed by atoms with Gasteiger partial charge in [0.2, 0.25) is 5.91 Å². The van der Waals surface area contributed by atoms with Crippen LogP contribution >= 0.6 is 0 Å². The Morgan fingerprint density at radius 1 is 0.529 bits per heavy atom. The predicted molar refractivity (Wildman–Crippen MR) is 267 cm³/mol. The molecule has 2 aliphatic rings. The minimum atomic E-state index is -1.79. The van der Waals surface area contributed by atoms with Gasteiger partial charge in [-0.3, -0.25) is 4.79 Å². The van der Waals surface area contributed by atoms with Gasteiger partial charge in [-0.1, -0.05) is 157 Å². The number of carbonyl (C=O) groups is 1. The Labute approximate surface area is 408 Å². The molecule has 392 valence electrons. The molecule has 9 N–H and O–H groups in total. The van der Waals surface area contributed by atoms with E-state index in [9.17, 15) is 45.6 Å². The van der Waals surface area contributed by atoms with Crippen LogP contribution in [0.25, 0.3) is 0 Å². The molecule has 12 atom stereocenters. The van der Waals surface area contributed by atoms with Crippen LogP contribution < -0.4 is 5.32 Å². The maximum absolute atomic E-state index is 13.2. The molecule has 0 radical (unpaired) electrons. The molecule has 0 bridgehead atoms. The predicted octanol–water partition coefficient (Wildman–Crippen LogP) is 7.21. The number of aliphatic hydroxyl groups is 8. The highest BCUT2D eigenvalue weighted by Gasteiger charge is 2.51. The van der Waals surface area contributed by atoms with E-state index in [2.05, 4.69) is 79.9 Å². The first kappa shape index (κ1) is 61.5. The largest absolute Gasteiger partial charge is 0.394 e. The second-order valence-electron chi connectivity index (χ2n) is 18.3. The van der Waals surface area contributed by atoms with Gasteiger partial charge in [0.25, 0.3) is 0 Å². The van der Waals surface area contributed by atoms with Crippen LogP contribution in [0.4, 0.5) is 0 Å². The minimum absolute atomic E-state index is 0.258. The van der Waals surface area contributed by atoms with Crippen LogP contribution in [0.5, 0.6) is 0 Å². The summed E-state index contributed by atoms with van der Waals surface area (Å²) in [5.74, 6) is -0.266. The van der Waals surface area contributed by atoms with Gasteiger partial charge >= 0.3 is 0 Å². The molecule has 2 rings (SSSR count). The summed E-state index contributed by atoms with van der Waals surface area (Å²) in [4.78, 5) is 13.2. The zero-order valence-electron chi connectivity index (χ0n) is 41.6. The number of amides is 1. The molecule has 14 heteroatoms. The molecule has 2 fully saturated rings. The van der Waals surface area contributed by atoms with Crippen LogP contribution in [0.1, 0.15) is 168 Å². The third-order valence-corrected chi connectivity index (χ3v) is 12.3. The normalized spacial score (nSPS) is 27.0. The second kappa shape index (κ2) is 40.1. The fraction of sp³-hybridized carbons (Fsp3) is 0.759. The summed E-state index contributed by atoms with van der Waals surface area (Å²) in [6, 6.07) is -0.943. The SMILES string of the molecule is CCC/C=C/CC/C=C/CC/C=C/C(O)C(COC1OC(CO)C(OC2OC(CO)C(O)C(O)C2O)C(O)C1O)NC(=O)CCCCCCCCCC/C=C\C/C=C\C/C=C\CCCCCCC. The molecule has 14 nitrogen and oxygen atoms in total. The molecule has 0 aromatic rings. The average Bonchev–Trinajstić information content (AvgIpc) is 3.34. The number of nitrogens with one attached hydrogen (secondary N) is 1. The molecule has 0 aromatic heterocycles. The molecular weight excluding hydrogens is 871 g/mol. The van der Waals surface area contributed by atoms with Gasteiger partial charge in [-0.2, -0.15) is 0 Å². The zero-order valence-corrected chi connectivity index (χ0v) is 41.6. The van der Waals surface area contributed by atoms with Crippen LogP contribution in [0.15, 0.2) is 72.9 Å². The highest BCUT2D eigenvalue weighted by atomic mass is 16.7. The molecule has 0 aromatic carbocycles. The van der Waals surface area contributed by atoms with Gasteiger partial charge in [0.15, 0.2) is 12.6 Å². The van der Waals surface area contributed by atoms with Crippen molar-refractivity contribution >= 4 is 5.91 Å². The molecule has 2 saturated heterocycles. The van der Waals surface area contributed by atoms with E-state index >= 15 is 0 Å². The lowest BCUT2D eigenvalue weighted by Gasteiger charge is -2.46. The van der Waals surface area contributed by atoms with E-state index in [0.717, 1.165) is 77.0 Å². The number of allylic oxidation sites excluding steroid dienone is 11. The Kier molecular flexibility index (Phi) is 36.3. The standard InChI is InChI=1S/C54H93NO13/c1-3-5-7-9-11-13-15-16-17-18-19-20-21-22-23-24-25-26-28-30-32-34-36-38-46(59)55-42(43(58)37-35-33-31-29-27-14-12-10-8-6-4-2)41-65-53-51(64)49(62)52(45(40-57)67-53)68-54-50(63)48(61)47(60)44(39-56)66-54/h8,10,15-16,18-19,21-22,27,29,35,37,42-45,47-54,56-58,60-64H,3-7,9,11-14,17,20,23-26,28,30-34,36,38-41H2,1-2H3,(H,55,59)/b10-8+,16-15-,19-18-,22-21-,29-27+,37-35+. The summed E-state index contributed by atoms with van der Waals surface area (Å²) in [5, 5.41) is 86.6. The molecule has 1 amide bonds. The fourth-order valence-corrected chi connectivity index (χ4v) is 8.04.